The van der Waals surface area contributed by atoms with Crippen LogP contribution in [0.4, 0.5) is 10.1 Å². The van der Waals surface area contributed by atoms with Crippen LogP contribution in [0.5, 0.6) is 0 Å². The van der Waals surface area contributed by atoms with Crippen molar-refractivity contribution in [2.45, 2.75) is 20.4 Å². The molecule has 0 saturated heterocycles. The summed E-state index contributed by atoms with van der Waals surface area (Å²) in [7, 11) is 0. The number of rotatable bonds is 6. The fraction of sp³-hybridized carbons (Fsp3) is 0.190. The predicted octanol–water partition coefficient (Wildman–Crippen LogP) is 4.90. The molecular formula is C21H18BrClFN3O3. The topological polar surface area (TPSA) is 73.2 Å². The summed E-state index contributed by atoms with van der Waals surface area (Å²) < 4.78 is 20.9. The average Bonchev–Trinajstić information content (AvgIpc) is 2.97. The van der Waals surface area contributed by atoms with Gasteiger partial charge in [-0.3, -0.25) is 4.79 Å². The minimum atomic E-state index is -0.779. The van der Waals surface area contributed by atoms with Crippen LogP contribution in [0, 0.1) is 19.7 Å². The molecule has 1 amide bonds. The minimum absolute atomic E-state index is 0.0145. The van der Waals surface area contributed by atoms with Crippen molar-refractivity contribution in [2.24, 2.45) is 0 Å². The number of nitrogens with zero attached hydrogens (tertiary/aromatic N) is 2. The monoisotopic (exact) mass is 493 g/mol. The van der Waals surface area contributed by atoms with Crippen LogP contribution in [-0.4, -0.2) is 28.3 Å². The highest BCUT2D eigenvalue weighted by atomic mass is 79.9. The van der Waals surface area contributed by atoms with E-state index in [1.807, 2.05) is 31.2 Å². The van der Waals surface area contributed by atoms with Gasteiger partial charge in [0.25, 0.3) is 5.91 Å². The van der Waals surface area contributed by atoms with E-state index in [9.17, 15) is 14.0 Å². The van der Waals surface area contributed by atoms with E-state index in [1.165, 1.54) is 16.8 Å². The number of hydrogen-bond acceptors (Lipinski definition) is 4. The van der Waals surface area contributed by atoms with Gasteiger partial charge in [-0.2, -0.15) is 5.10 Å². The molecule has 0 aliphatic heterocycles. The first-order chi connectivity index (χ1) is 14.2. The molecule has 0 saturated carbocycles. The molecule has 3 rings (SSSR count). The summed E-state index contributed by atoms with van der Waals surface area (Å²) in [6.07, 6.45) is 0. The third-order valence-electron chi connectivity index (χ3n) is 4.26. The Morgan fingerprint density at radius 3 is 2.57 bits per heavy atom. The molecule has 30 heavy (non-hydrogen) atoms. The summed E-state index contributed by atoms with van der Waals surface area (Å²) >= 11 is 9.47. The van der Waals surface area contributed by atoms with Crippen LogP contribution in [0.25, 0.3) is 0 Å². The van der Waals surface area contributed by atoms with Gasteiger partial charge in [-0.25, -0.2) is 13.9 Å². The highest BCUT2D eigenvalue weighted by Gasteiger charge is 2.22. The third kappa shape index (κ3) is 5.25. The summed E-state index contributed by atoms with van der Waals surface area (Å²) in [4.78, 5) is 24.5. The molecule has 0 fully saturated rings. The first-order valence-corrected chi connectivity index (χ1v) is 10.1. The van der Waals surface area contributed by atoms with Gasteiger partial charge in [-0.15, -0.1) is 0 Å². The summed E-state index contributed by atoms with van der Waals surface area (Å²) in [6, 6.07) is 12.0. The number of hydrogen-bond donors (Lipinski definition) is 1. The SMILES string of the molecule is Cc1ccc(Cn2nc(C)c(C(=O)OCC(=O)Nc3ccc(Br)cc3F)c2Cl)cc1. The lowest BCUT2D eigenvalue weighted by Gasteiger charge is -2.08. The lowest BCUT2D eigenvalue weighted by molar-refractivity contribution is -0.119. The molecule has 0 radical (unpaired) electrons. The van der Waals surface area contributed by atoms with Crippen LogP contribution in [-0.2, 0) is 16.1 Å². The zero-order valence-electron chi connectivity index (χ0n) is 16.2. The number of carbonyl (C=O) groups excluding carboxylic acids is 2. The van der Waals surface area contributed by atoms with Crippen molar-refractivity contribution < 1.29 is 18.7 Å². The number of aryl methyl sites for hydroxylation is 2. The second-order valence-electron chi connectivity index (χ2n) is 6.64. The van der Waals surface area contributed by atoms with Crippen molar-refractivity contribution in [3.8, 4) is 0 Å². The Labute approximate surface area is 186 Å². The maximum atomic E-state index is 13.8. The number of ether oxygens (including phenoxy) is 1. The standard InChI is InChI=1S/C21H18BrClFN3O3/c1-12-3-5-14(6-4-12)10-27-20(23)19(13(2)26-27)21(29)30-11-18(28)25-17-8-7-15(22)9-16(17)24/h3-9H,10-11H2,1-2H3,(H,25,28). The third-order valence-corrected chi connectivity index (χ3v) is 5.14. The summed E-state index contributed by atoms with van der Waals surface area (Å²) in [5.74, 6) is -2.06. The van der Waals surface area contributed by atoms with Gasteiger partial charge in [0.05, 0.1) is 17.9 Å². The minimum Gasteiger partial charge on any atom is -0.452 e. The fourth-order valence-corrected chi connectivity index (χ4v) is 3.38. The Morgan fingerprint density at radius 2 is 1.90 bits per heavy atom. The van der Waals surface area contributed by atoms with Crippen LogP contribution in [0.15, 0.2) is 46.9 Å². The van der Waals surface area contributed by atoms with Gasteiger partial charge in [0.1, 0.15) is 16.5 Å². The smallest absolute Gasteiger partial charge is 0.343 e. The van der Waals surface area contributed by atoms with E-state index >= 15 is 0 Å². The lowest BCUT2D eigenvalue weighted by Crippen LogP contribution is -2.21. The van der Waals surface area contributed by atoms with E-state index in [1.54, 1.807) is 13.0 Å². The van der Waals surface area contributed by atoms with Crippen molar-refractivity contribution in [3.63, 3.8) is 0 Å². The molecule has 0 spiro atoms. The lowest BCUT2D eigenvalue weighted by atomic mass is 10.1. The largest absolute Gasteiger partial charge is 0.452 e. The molecule has 0 aliphatic rings. The molecule has 0 aliphatic carbocycles. The number of nitrogens with one attached hydrogen (secondary N) is 1. The molecule has 0 unspecified atom stereocenters. The molecular weight excluding hydrogens is 477 g/mol. The summed E-state index contributed by atoms with van der Waals surface area (Å²) in [5, 5.41) is 6.77. The number of aromatic nitrogens is 2. The molecule has 2 aromatic carbocycles. The van der Waals surface area contributed by atoms with Gasteiger partial charge < -0.3 is 10.1 Å². The maximum absolute atomic E-state index is 13.8. The zero-order valence-corrected chi connectivity index (χ0v) is 18.6. The normalized spacial score (nSPS) is 10.7. The van der Waals surface area contributed by atoms with Crippen molar-refractivity contribution in [1.29, 1.82) is 0 Å². The van der Waals surface area contributed by atoms with Gasteiger partial charge in [0.2, 0.25) is 0 Å². The number of anilines is 1. The number of benzene rings is 2. The Hall–Kier alpha value is -2.71. The Kier molecular flexibility index (Phi) is 6.89. The first kappa shape index (κ1) is 22.0. The van der Waals surface area contributed by atoms with Crippen LogP contribution in [0.1, 0.15) is 27.2 Å². The zero-order chi connectivity index (χ0) is 21.8. The molecule has 9 heteroatoms. The number of esters is 1. The van der Waals surface area contributed by atoms with Crippen LogP contribution in [0.2, 0.25) is 5.15 Å². The van der Waals surface area contributed by atoms with Gasteiger partial charge in [-0.1, -0.05) is 57.4 Å². The molecule has 0 atom stereocenters. The maximum Gasteiger partial charge on any atom is 0.343 e. The van der Waals surface area contributed by atoms with Gasteiger partial charge in [-0.05, 0) is 37.6 Å². The van der Waals surface area contributed by atoms with E-state index in [0.29, 0.717) is 16.7 Å². The average molecular weight is 495 g/mol. The van der Waals surface area contributed by atoms with Crippen molar-refractivity contribution in [1.82, 2.24) is 9.78 Å². The van der Waals surface area contributed by atoms with E-state index in [-0.39, 0.29) is 16.4 Å². The Bertz CT molecular complexity index is 1100. The molecule has 156 valence electrons. The second kappa shape index (κ2) is 9.40. The Balaban J connectivity index is 1.64. The molecule has 0 bridgehead atoms. The van der Waals surface area contributed by atoms with Crippen LogP contribution < -0.4 is 5.32 Å². The molecule has 3 aromatic rings. The van der Waals surface area contributed by atoms with E-state index < -0.39 is 24.3 Å². The van der Waals surface area contributed by atoms with E-state index in [2.05, 4.69) is 26.3 Å². The second-order valence-corrected chi connectivity index (χ2v) is 7.92. The van der Waals surface area contributed by atoms with E-state index in [0.717, 1.165) is 11.1 Å². The van der Waals surface area contributed by atoms with Crippen LogP contribution >= 0.6 is 27.5 Å². The first-order valence-electron chi connectivity index (χ1n) is 8.95. The van der Waals surface area contributed by atoms with Gasteiger partial charge >= 0.3 is 5.97 Å². The molecule has 1 heterocycles. The van der Waals surface area contributed by atoms with Gasteiger partial charge in [0, 0.05) is 4.47 Å². The van der Waals surface area contributed by atoms with Crippen LogP contribution in [0.3, 0.4) is 0 Å². The van der Waals surface area contributed by atoms with E-state index in [4.69, 9.17) is 16.3 Å². The van der Waals surface area contributed by atoms with Crippen molar-refractivity contribution in [3.05, 3.63) is 80.3 Å². The highest BCUT2D eigenvalue weighted by molar-refractivity contribution is 9.10. The Morgan fingerprint density at radius 1 is 1.20 bits per heavy atom. The molecule has 1 aromatic heterocycles. The number of halogens is 3. The number of carbonyl (C=O) groups is 2. The fourth-order valence-electron chi connectivity index (χ4n) is 2.74. The molecule has 1 N–H and O–H groups in total. The van der Waals surface area contributed by atoms with Crippen molar-refractivity contribution >= 4 is 45.1 Å². The predicted molar refractivity (Wildman–Crippen MR) is 115 cm³/mol. The summed E-state index contributed by atoms with van der Waals surface area (Å²) in [6.45, 7) is 3.42. The number of amides is 1. The highest BCUT2D eigenvalue weighted by Crippen LogP contribution is 2.22. The van der Waals surface area contributed by atoms with Gasteiger partial charge in [0.15, 0.2) is 6.61 Å². The summed E-state index contributed by atoms with van der Waals surface area (Å²) in [5.41, 5.74) is 2.56. The quantitative estimate of drug-likeness (QED) is 0.495. The van der Waals surface area contributed by atoms with Crippen molar-refractivity contribution in [2.75, 3.05) is 11.9 Å². The molecule has 6 nitrogen and oxygen atoms in total.